The molecule has 5 N–H and O–H groups in total. The lowest BCUT2D eigenvalue weighted by Crippen LogP contribution is -2.20. The highest BCUT2D eigenvalue weighted by Crippen LogP contribution is 2.28. The fraction of sp³-hybridized carbons (Fsp3) is 0.615. The Kier molecular flexibility index (Phi) is 3.71. The summed E-state index contributed by atoms with van der Waals surface area (Å²) in [6.07, 6.45) is 5.34. The van der Waals surface area contributed by atoms with E-state index in [0.717, 1.165) is 24.2 Å². The quantitative estimate of drug-likeness (QED) is 0.751. The lowest BCUT2D eigenvalue weighted by molar-refractivity contribution is 0.300. The van der Waals surface area contributed by atoms with Crippen LogP contribution in [-0.4, -0.2) is 11.5 Å². The summed E-state index contributed by atoms with van der Waals surface area (Å²) in [6.45, 7) is 3.33. The van der Waals surface area contributed by atoms with E-state index in [1.54, 1.807) is 6.07 Å². The van der Waals surface area contributed by atoms with E-state index in [-0.39, 0.29) is 0 Å². The van der Waals surface area contributed by atoms with Crippen LogP contribution in [0.4, 0.5) is 17.3 Å². The highest BCUT2D eigenvalue weighted by atomic mass is 15.0. The smallest absolute Gasteiger partial charge is 0.149 e. The molecule has 1 aliphatic carbocycles. The van der Waals surface area contributed by atoms with Gasteiger partial charge in [0.2, 0.25) is 0 Å². The molecule has 0 spiro atoms. The predicted molar refractivity (Wildman–Crippen MR) is 72.7 cm³/mol. The molecule has 0 amide bonds. The Bertz CT molecular complexity index is 370. The predicted octanol–water partition coefficient (Wildman–Crippen LogP) is 2.48. The molecule has 0 radical (unpaired) electrons. The van der Waals surface area contributed by atoms with Gasteiger partial charge in [0, 0.05) is 6.54 Å². The molecule has 0 unspecified atom stereocenters. The molecule has 0 aliphatic heterocycles. The molecule has 0 atom stereocenters. The number of hydrogen-bond acceptors (Lipinski definition) is 4. The molecule has 1 aromatic rings. The summed E-state index contributed by atoms with van der Waals surface area (Å²) in [4.78, 5) is 4.21. The van der Waals surface area contributed by atoms with Crippen LogP contribution in [0.1, 0.15) is 32.6 Å². The molecule has 1 fully saturated rings. The van der Waals surface area contributed by atoms with Gasteiger partial charge in [0.15, 0.2) is 0 Å². The monoisotopic (exact) mass is 234 g/mol. The largest absolute Gasteiger partial charge is 0.396 e. The molecule has 2 rings (SSSR count). The summed E-state index contributed by atoms with van der Waals surface area (Å²) in [5.74, 6) is 2.91. The lowest BCUT2D eigenvalue weighted by atomic mass is 9.83. The summed E-state index contributed by atoms with van der Waals surface area (Å²) in [5, 5.41) is 3.35. The van der Waals surface area contributed by atoms with Gasteiger partial charge in [0.05, 0.1) is 5.69 Å². The summed E-state index contributed by atoms with van der Waals surface area (Å²) in [6, 6.07) is 3.69. The Labute approximate surface area is 103 Å². The molecule has 0 bridgehead atoms. The zero-order valence-electron chi connectivity index (χ0n) is 10.4. The maximum atomic E-state index is 5.67. The van der Waals surface area contributed by atoms with E-state index in [9.17, 15) is 0 Å². The average molecular weight is 234 g/mol. The Morgan fingerprint density at radius 1 is 1.24 bits per heavy atom. The van der Waals surface area contributed by atoms with E-state index in [1.807, 2.05) is 6.07 Å². The average Bonchev–Trinajstić information content (AvgIpc) is 2.33. The van der Waals surface area contributed by atoms with Gasteiger partial charge in [-0.2, -0.15) is 0 Å². The minimum atomic E-state index is 0.410. The Morgan fingerprint density at radius 3 is 2.59 bits per heavy atom. The third-order valence-electron chi connectivity index (χ3n) is 3.66. The Balaban J connectivity index is 1.83. The van der Waals surface area contributed by atoms with Gasteiger partial charge in [0.25, 0.3) is 0 Å². The topological polar surface area (TPSA) is 77.0 Å². The number of nitrogen functional groups attached to an aromatic ring is 2. The van der Waals surface area contributed by atoms with Crippen LogP contribution in [0.15, 0.2) is 12.1 Å². The van der Waals surface area contributed by atoms with Crippen LogP contribution < -0.4 is 16.8 Å². The van der Waals surface area contributed by atoms with Crippen molar-refractivity contribution in [1.82, 2.24) is 4.98 Å². The zero-order valence-corrected chi connectivity index (χ0v) is 10.4. The van der Waals surface area contributed by atoms with Crippen molar-refractivity contribution >= 4 is 17.3 Å². The molecule has 0 aromatic carbocycles. The van der Waals surface area contributed by atoms with E-state index in [2.05, 4.69) is 17.2 Å². The first kappa shape index (κ1) is 12.0. The van der Waals surface area contributed by atoms with Crippen molar-refractivity contribution in [1.29, 1.82) is 0 Å². The molecular formula is C13H22N4. The molecule has 94 valence electrons. The van der Waals surface area contributed by atoms with E-state index in [0.29, 0.717) is 11.5 Å². The van der Waals surface area contributed by atoms with Crippen molar-refractivity contribution in [2.24, 2.45) is 11.8 Å². The van der Waals surface area contributed by atoms with Gasteiger partial charge in [-0.25, -0.2) is 4.98 Å². The Hall–Kier alpha value is -1.45. The second-order valence-corrected chi connectivity index (χ2v) is 5.18. The molecule has 4 nitrogen and oxygen atoms in total. The van der Waals surface area contributed by atoms with E-state index in [1.165, 1.54) is 25.7 Å². The number of hydrogen-bond donors (Lipinski definition) is 3. The van der Waals surface area contributed by atoms with E-state index in [4.69, 9.17) is 11.5 Å². The van der Waals surface area contributed by atoms with Crippen molar-refractivity contribution in [3.8, 4) is 0 Å². The Morgan fingerprint density at radius 2 is 1.94 bits per heavy atom. The van der Waals surface area contributed by atoms with E-state index >= 15 is 0 Å². The number of anilines is 3. The number of pyridine rings is 1. The van der Waals surface area contributed by atoms with Crippen LogP contribution in [0.3, 0.4) is 0 Å². The summed E-state index contributed by atoms with van der Waals surface area (Å²) in [7, 11) is 0. The molecule has 1 heterocycles. The number of nitrogens with two attached hydrogens (primary N) is 2. The molecule has 4 heteroatoms. The summed E-state index contributed by atoms with van der Waals surface area (Å²) < 4.78 is 0. The third kappa shape index (κ3) is 3.25. The second-order valence-electron chi connectivity index (χ2n) is 5.18. The highest BCUT2D eigenvalue weighted by molar-refractivity contribution is 5.61. The summed E-state index contributed by atoms with van der Waals surface area (Å²) >= 11 is 0. The number of nitrogens with one attached hydrogen (secondary N) is 1. The van der Waals surface area contributed by atoms with Crippen LogP contribution >= 0.6 is 0 Å². The first-order valence-corrected chi connectivity index (χ1v) is 6.41. The molecule has 1 saturated carbocycles. The van der Waals surface area contributed by atoms with Gasteiger partial charge in [-0.05, 0) is 36.8 Å². The minimum Gasteiger partial charge on any atom is -0.396 e. The van der Waals surface area contributed by atoms with Crippen LogP contribution in [0.2, 0.25) is 0 Å². The van der Waals surface area contributed by atoms with Crippen LogP contribution in [0.5, 0.6) is 0 Å². The first-order chi connectivity index (χ1) is 8.15. The van der Waals surface area contributed by atoms with Crippen LogP contribution in [-0.2, 0) is 0 Å². The number of aromatic nitrogens is 1. The molecule has 0 saturated heterocycles. The zero-order chi connectivity index (χ0) is 12.3. The van der Waals surface area contributed by atoms with Crippen molar-refractivity contribution in [2.45, 2.75) is 32.6 Å². The fourth-order valence-electron chi connectivity index (χ4n) is 2.37. The van der Waals surface area contributed by atoms with Crippen molar-refractivity contribution < 1.29 is 0 Å². The maximum Gasteiger partial charge on any atom is 0.149 e. The van der Waals surface area contributed by atoms with Gasteiger partial charge in [-0.15, -0.1) is 0 Å². The van der Waals surface area contributed by atoms with Gasteiger partial charge in [0.1, 0.15) is 11.6 Å². The fourth-order valence-corrected chi connectivity index (χ4v) is 2.37. The van der Waals surface area contributed by atoms with Gasteiger partial charge < -0.3 is 16.8 Å². The van der Waals surface area contributed by atoms with Crippen molar-refractivity contribution in [3.63, 3.8) is 0 Å². The van der Waals surface area contributed by atoms with Crippen LogP contribution in [0.25, 0.3) is 0 Å². The number of rotatable bonds is 3. The van der Waals surface area contributed by atoms with Gasteiger partial charge in [-0.3, -0.25) is 0 Å². The SMILES string of the molecule is CC1CCC(CNc2ccc(N)c(N)n2)CC1. The molecule has 1 aliphatic rings. The number of nitrogens with zero attached hydrogens (tertiary/aromatic N) is 1. The van der Waals surface area contributed by atoms with E-state index < -0.39 is 0 Å². The molecule has 17 heavy (non-hydrogen) atoms. The van der Waals surface area contributed by atoms with Gasteiger partial charge in [-0.1, -0.05) is 19.8 Å². The third-order valence-corrected chi connectivity index (χ3v) is 3.66. The standard InChI is InChI=1S/C13H22N4/c1-9-2-4-10(5-3-9)8-16-12-7-6-11(14)13(15)17-12/h6-7,9-10H,2-5,8,14H2,1H3,(H3,15,16,17). The molecule has 1 aromatic heterocycles. The van der Waals surface area contributed by atoms with Crippen LogP contribution in [0, 0.1) is 11.8 Å². The van der Waals surface area contributed by atoms with Crippen molar-refractivity contribution in [3.05, 3.63) is 12.1 Å². The van der Waals surface area contributed by atoms with Gasteiger partial charge >= 0.3 is 0 Å². The summed E-state index contributed by atoms with van der Waals surface area (Å²) in [5.41, 5.74) is 11.8. The molecular weight excluding hydrogens is 212 g/mol. The minimum absolute atomic E-state index is 0.410. The lowest BCUT2D eigenvalue weighted by Gasteiger charge is -2.26. The normalized spacial score (nSPS) is 24.5. The maximum absolute atomic E-state index is 5.67. The van der Waals surface area contributed by atoms with Crippen molar-refractivity contribution in [2.75, 3.05) is 23.3 Å². The highest BCUT2D eigenvalue weighted by Gasteiger charge is 2.17. The second kappa shape index (κ2) is 5.25. The first-order valence-electron chi connectivity index (χ1n) is 6.41.